The van der Waals surface area contributed by atoms with Gasteiger partial charge in [0.25, 0.3) is 0 Å². The number of allylic oxidation sites excluding steroid dienone is 1. The van der Waals surface area contributed by atoms with Gasteiger partial charge >= 0.3 is 0 Å². The minimum Gasteiger partial charge on any atom is -0.384 e. The molecule has 0 aromatic heterocycles. The molecular weight excluding hydrogens is 172 g/mol. The summed E-state index contributed by atoms with van der Waals surface area (Å²) in [5.41, 5.74) is 4.88. The standard InChI is InChI=1S/C13H16O/c1-3-9-10(4-2)13(14)12-8-6-5-7-11(9)12/h5-8,13-14H,3-4H2,1-2H3. The first-order chi connectivity index (χ1) is 6.79. The molecule has 1 unspecified atom stereocenters. The highest BCUT2D eigenvalue weighted by atomic mass is 16.3. The molecule has 0 amide bonds. The highest BCUT2D eigenvalue weighted by Gasteiger charge is 2.26. The molecule has 74 valence electrons. The first kappa shape index (κ1) is 9.47. The summed E-state index contributed by atoms with van der Waals surface area (Å²) >= 11 is 0. The van der Waals surface area contributed by atoms with Crippen molar-refractivity contribution in [3.63, 3.8) is 0 Å². The molecule has 0 radical (unpaired) electrons. The number of hydrogen-bond acceptors (Lipinski definition) is 1. The summed E-state index contributed by atoms with van der Waals surface area (Å²) in [6.45, 7) is 4.26. The Hall–Kier alpha value is -1.08. The van der Waals surface area contributed by atoms with Crippen LogP contribution in [0.15, 0.2) is 29.8 Å². The molecule has 0 bridgehead atoms. The molecule has 1 aromatic rings. The maximum atomic E-state index is 10.1. The molecule has 0 saturated carbocycles. The van der Waals surface area contributed by atoms with Crippen LogP contribution >= 0.6 is 0 Å². The zero-order valence-electron chi connectivity index (χ0n) is 8.75. The highest BCUT2D eigenvalue weighted by molar-refractivity contribution is 5.77. The van der Waals surface area contributed by atoms with Gasteiger partial charge < -0.3 is 5.11 Å². The summed E-state index contributed by atoms with van der Waals surface area (Å²) in [5, 5.41) is 10.1. The maximum Gasteiger partial charge on any atom is 0.101 e. The summed E-state index contributed by atoms with van der Waals surface area (Å²) in [7, 11) is 0. The Morgan fingerprint density at radius 3 is 2.50 bits per heavy atom. The van der Waals surface area contributed by atoms with Crippen molar-refractivity contribution in [2.24, 2.45) is 0 Å². The lowest BCUT2D eigenvalue weighted by Crippen LogP contribution is -1.95. The van der Waals surface area contributed by atoms with E-state index in [1.54, 1.807) is 0 Å². The molecule has 1 aliphatic carbocycles. The molecule has 1 atom stereocenters. The van der Waals surface area contributed by atoms with Crippen LogP contribution in [-0.2, 0) is 0 Å². The van der Waals surface area contributed by atoms with Gasteiger partial charge in [-0.25, -0.2) is 0 Å². The zero-order chi connectivity index (χ0) is 10.1. The van der Waals surface area contributed by atoms with Crippen molar-refractivity contribution < 1.29 is 5.11 Å². The second-order valence-corrected chi connectivity index (χ2v) is 3.70. The summed E-state index contributed by atoms with van der Waals surface area (Å²) in [6.07, 6.45) is 1.60. The molecule has 0 saturated heterocycles. The Balaban J connectivity index is 2.57. The Labute approximate surface area is 85.1 Å². The van der Waals surface area contributed by atoms with Crippen LogP contribution < -0.4 is 0 Å². The minimum atomic E-state index is -0.355. The maximum absolute atomic E-state index is 10.1. The third-order valence-corrected chi connectivity index (χ3v) is 3.03. The van der Waals surface area contributed by atoms with E-state index < -0.39 is 0 Å². The second-order valence-electron chi connectivity index (χ2n) is 3.70. The van der Waals surface area contributed by atoms with E-state index in [9.17, 15) is 5.11 Å². The number of aliphatic hydroxyl groups excluding tert-OH is 1. The predicted molar refractivity (Wildman–Crippen MR) is 58.9 cm³/mol. The van der Waals surface area contributed by atoms with E-state index in [0.717, 1.165) is 18.4 Å². The summed E-state index contributed by atoms with van der Waals surface area (Å²) in [4.78, 5) is 0. The van der Waals surface area contributed by atoms with Crippen molar-refractivity contribution >= 4 is 5.57 Å². The lowest BCUT2D eigenvalue weighted by Gasteiger charge is -2.07. The zero-order valence-corrected chi connectivity index (χ0v) is 8.75. The average Bonchev–Trinajstić information content (AvgIpc) is 2.51. The van der Waals surface area contributed by atoms with E-state index in [1.807, 2.05) is 18.2 Å². The second kappa shape index (κ2) is 3.58. The molecule has 2 rings (SSSR count). The van der Waals surface area contributed by atoms with Gasteiger partial charge in [-0.2, -0.15) is 0 Å². The van der Waals surface area contributed by atoms with Gasteiger partial charge in [-0.05, 0) is 35.1 Å². The smallest absolute Gasteiger partial charge is 0.101 e. The van der Waals surface area contributed by atoms with Crippen LogP contribution in [0.25, 0.3) is 5.57 Å². The van der Waals surface area contributed by atoms with Crippen molar-refractivity contribution in [2.45, 2.75) is 32.8 Å². The van der Waals surface area contributed by atoms with Crippen LogP contribution in [0.4, 0.5) is 0 Å². The van der Waals surface area contributed by atoms with E-state index in [0.29, 0.717) is 0 Å². The third-order valence-electron chi connectivity index (χ3n) is 3.03. The van der Waals surface area contributed by atoms with Crippen LogP contribution in [0, 0.1) is 0 Å². The van der Waals surface area contributed by atoms with Gasteiger partial charge in [0, 0.05) is 0 Å². The third kappa shape index (κ3) is 1.20. The lowest BCUT2D eigenvalue weighted by atomic mass is 10.0. The van der Waals surface area contributed by atoms with Crippen LogP contribution in [0.1, 0.15) is 43.9 Å². The van der Waals surface area contributed by atoms with Crippen LogP contribution in [-0.4, -0.2) is 5.11 Å². The Bertz CT molecular complexity index is 377. The number of aliphatic hydroxyl groups is 1. The SMILES string of the molecule is CCC1=C(CC)C(O)c2ccccc21. The van der Waals surface area contributed by atoms with Crippen molar-refractivity contribution in [1.82, 2.24) is 0 Å². The van der Waals surface area contributed by atoms with E-state index >= 15 is 0 Å². The van der Waals surface area contributed by atoms with Gasteiger partial charge in [0.1, 0.15) is 6.10 Å². The molecule has 0 heterocycles. The molecule has 0 aliphatic heterocycles. The fourth-order valence-electron chi connectivity index (χ4n) is 2.36. The molecular formula is C13H16O. The fourth-order valence-corrected chi connectivity index (χ4v) is 2.36. The number of hydrogen-bond donors (Lipinski definition) is 1. The first-order valence-corrected chi connectivity index (χ1v) is 5.28. The normalized spacial score (nSPS) is 20.1. The molecule has 1 aliphatic rings. The molecule has 1 nitrogen and oxygen atoms in total. The summed E-state index contributed by atoms with van der Waals surface area (Å²) in [6, 6.07) is 8.17. The Kier molecular flexibility index (Phi) is 2.42. The molecule has 14 heavy (non-hydrogen) atoms. The van der Waals surface area contributed by atoms with Gasteiger partial charge in [0.15, 0.2) is 0 Å². The van der Waals surface area contributed by atoms with Crippen molar-refractivity contribution in [2.75, 3.05) is 0 Å². The quantitative estimate of drug-likeness (QED) is 0.755. The van der Waals surface area contributed by atoms with Gasteiger partial charge in [-0.1, -0.05) is 38.1 Å². The van der Waals surface area contributed by atoms with Crippen LogP contribution in [0.2, 0.25) is 0 Å². The van der Waals surface area contributed by atoms with E-state index in [1.165, 1.54) is 16.7 Å². The van der Waals surface area contributed by atoms with Gasteiger partial charge in [-0.15, -0.1) is 0 Å². The van der Waals surface area contributed by atoms with Crippen molar-refractivity contribution in [3.05, 3.63) is 41.0 Å². The number of rotatable bonds is 2. The molecule has 1 N–H and O–H groups in total. The van der Waals surface area contributed by atoms with E-state index in [4.69, 9.17) is 0 Å². The lowest BCUT2D eigenvalue weighted by molar-refractivity contribution is 0.216. The monoisotopic (exact) mass is 188 g/mol. The molecule has 0 spiro atoms. The summed E-state index contributed by atoms with van der Waals surface area (Å²) in [5.74, 6) is 0. The minimum absolute atomic E-state index is 0.355. The van der Waals surface area contributed by atoms with Crippen molar-refractivity contribution in [1.29, 1.82) is 0 Å². The number of benzene rings is 1. The predicted octanol–water partition coefficient (Wildman–Crippen LogP) is 3.31. The molecule has 1 heteroatoms. The van der Waals surface area contributed by atoms with E-state index in [-0.39, 0.29) is 6.10 Å². The molecule has 0 fully saturated rings. The van der Waals surface area contributed by atoms with Crippen LogP contribution in [0.5, 0.6) is 0 Å². The van der Waals surface area contributed by atoms with Gasteiger partial charge in [-0.3, -0.25) is 0 Å². The van der Waals surface area contributed by atoms with Gasteiger partial charge in [0.2, 0.25) is 0 Å². The molecule has 1 aromatic carbocycles. The highest BCUT2D eigenvalue weighted by Crippen LogP contribution is 2.42. The summed E-state index contributed by atoms with van der Waals surface area (Å²) < 4.78 is 0. The topological polar surface area (TPSA) is 20.2 Å². The largest absolute Gasteiger partial charge is 0.384 e. The number of fused-ring (bicyclic) bond motifs is 1. The fraction of sp³-hybridized carbons (Fsp3) is 0.385. The van der Waals surface area contributed by atoms with Crippen LogP contribution in [0.3, 0.4) is 0 Å². The van der Waals surface area contributed by atoms with Crippen molar-refractivity contribution in [3.8, 4) is 0 Å². The average molecular weight is 188 g/mol. The van der Waals surface area contributed by atoms with E-state index in [2.05, 4.69) is 19.9 Å². The van der Waals surface area contributed by atoms with Gasteiger partial charge in [0.05, 0.1) is 0 Å². The Morgan fingerprint density at radius 1 is 1.14 bits per heavy atom. The Morgan fingerprint density at radius 2 is 1.86 bits per heavy atom. The first-order valence-electron chi connectivity index (χ1n) is 5.28.